The third kappa shape index (κ3) is 3.74. The van der Waals surface area contributed by atoms with E-state index in [9.17, 15) is 26.4 Å². The highest BCUT2D eigenvalue weighted by Crippen LogP contribution is 2.15. The van der Waals surface area contributed by atoms with Gasteiger partial charge in [0.1, 0.15) is 6.54 Å². The molecule has 1 rings (SSSR count). The Morgan fingerprint density at radius 3 is 2.50 bits per heavy atom. The minimum Gasteiger partial charge on any atom is -0.438 e. The smallest absolute Gasteiger partial charge is 0.405 e. The lowest BCUT2D eigenvalue weighted by molar-refractivity contribution is -0.123. The van der Waals surface area contributed by atoms with Crippen molar-refractivity contribution >= 4 is 15.9 Å². The standard InChI is InChI=1S/C8H9F3N2O4S/c1-12-18(15,16)6-3-2-5(17-6)7(14)13-4-8(9,10)11/h2-3,12H,4H2,1H3,(H,13,14). The van der Waals surface area contributed by atoms with Gasteiger partial charge in [-0.3, -0.25) is 4.79 Å². The Balaban J connectivity index is 2.78. The molecule has 18 heavy (non-hydrogen) atoms. The molecular formula is C8H9F3N2O4S. The van der Waals surface area contributed by atoms with E-state index in [2.05, 4.69) is 4.42 Å². The van der Waals surface area contributed by atoms with E-state index < -0.39 is 39.5 Å². The molecule has 0 saturated carbocycles. The molecule has 1 heterocycles. The largest absolute Gasteiger partial charge is 0.438 e. The van der Waals surface area contributed by atoms with Gasteiger partial charge in [-0.25, -0.2) is 13.1 Å². The van der Waals surface area contributed by atoms with E-state index in [-0.39, 0.29) is 0 Å². The maximum atomic E-state index is 11.8. The first-order chi connectivity index (χ1) is 8.15. The van der Waals surface area contributed by atoms with Gasteiger partial charge in [-0.1, -0.05) is 0 Å². The van der Waals surface area contributed by atoms with Crippen LogP contribution in [0, 0.1) is 0 Å². The zero-order chi connectivity index (χ0) is 14.0. The Labute approximate surface area is 100 Å². The molecule has 1 aromatic heterocycles. The van der Waals surface area contributed by atoms with Crippen LogP contribution >= 0.6 is 0 Å². The van der Waals surface area contributed by atoms with Gasteiger partial charge in [-0.15, -0.1) is 0 Å². The second-order valence-corrected chi connectivity index (χ2v) is 4.94. The van der Waals surface area contributed by atoms with Crippen LogP contribution in [-0.4, -0.2) is 34.1 Å². The zero-order valence-corrected chi connectivity index (χ0v) is 9.85. The van der Waals surface area contributed by atoms with E-state index in [1.165, 1.54) is 0 Å². The molecule has 102 valence electrons. The Morgan fingerprint density at radius 1 is 1.39 bits per heavy atom. The summed E-state index contributed by atoms with van der Waals surface area (Å²) in [6.45, 7) is -1.53. The van der Waals surface area contributed by atoms with E-state index in [0.717, 1.165) is 19.2 Å². The van der Waals surface area contributed by atoms with Crippen LogP contribution in [0.25, 0.3) is 0 Å². The number of halogens is 3. The van der Waals surface area contributed by atoms with Gasteiger partial charge in [0.2, 0.25) is 5.09 Å². The molecule has 2 N–H and O–H groups in total. The third-order valence-corrected chi connectivity index (χ3v) is 3.07. The second kappa shape index (κ2) is 4.98. The summed E-state index contributed by atoms with van der Waals surface area (Å²) in [5.41, 5.74) is 0. The first-order valence-corrected chi connectivity index (χ1v) is 6.02. The molecule has 0 bridgehead atoms. The first kappa shape index (κ1) is 14.5. The summed E-state index contributed by atoms with van der Waals surface area (Å²) in [5.74, 6) is -1.67. The average molecular weight is 286 g/mol. The van der Waals surface area contributed by atoms with Gasteiger partial charge >= 0.3 is 6.18 Å². The quantitative estimate of drug-likeness (QED) is 0.842. The summed E-state index contributed by atoms with van der Waals surface area (Å²) in [4.78, 5) is 11.2. The fourth-order valence-corrected chi connectivity index (χ4v) is 1.60. The average Bonchev–Trinajstić information content (AvgIpc) is 2.74. The minimum absolute atomic E-state index is 0.520. The van der Waals surface area contributed by atoms with Crippen molar-refractivity contribution in [2.75, 3.05) is 13.6 Å². The van der Waals surface area contributed by atoms with Crippen molar-refractivity contribution in [2.24, 2.45) is 0 Å². The van der Waals surface area contributed by atoms with Crippen LogP contribution in [0.15, 0.2) is 21.6 Å². The molecule has 0 atom stereocenters. The topological polar surface area (TPSA) is 88.4 Å². The number of sulfonamides is 1. The number of alkyl halides is 3. The zero-order valence-electron chi connectivity index (χ0n) is 9.04. The molecule has 1 aromatic rings. The van der Waals surface area contributed by atoms with Crippen LogP contribution in [-0.2, 0) is 10.0 Å². The third-order valence-electron chi connectivity index (χ3n) is 1.79. The normalized spacial score (nSPS) is 12.4. The molecular weight excluding hydrogens is 277 g/mol. The molecule has 0 saturated heterocycles. The fourth-order valence-electron chi connectivity index (χ4n) is 0.955. The van der Waals surface area contributed by atoms with Crippen LogP contribution in [0.2, 0.25) is 0 Å². The van der Waals surface area contributed by atoms with Crippen LogP contribution in [0.4, 0.5) is 13.2 Å². The maximum absolute atomic E-state index is 11.8. The highest BCUT2D eigenvalue weighted by atomic mass is 32.2. The van der Waals surface area contributed by atoms with Gasteiger partial charge in [-0.05, 0) is 19.2 Å². The van der Waals surface area contributed by atoms with Gasteiger partial charge < -0.3 is 9.73 Å². The second-order valence-electron chi connectivity index (χ2n) is 3.12. The summed E-state index contributed by atoms with van der Waals surface area (Å²) in [5, 5.41) is 0.995. The predicted octanol–water partition coefficient (Wildman–Crippen LogP) is 0.480. The summed E-state index contributed by atoms with van der Waals surface area (Å²) >= 11 is 0. The summed E-state index contributed by atoms with van der Waals surface area (Å²) in [7, 11) is -2.75. The molecule has 0 radical (unpaired) electrons. The van der Waals surface area contributed by atoms with Crippen LogP contribution in [0.3, 0.4) is 0 Å². The van der Waals surface area contributed by atoms with Crippen molar-refractivity contribution in [3.05, 3.63) is 17.9 Å². The Hall–Kier alpha value is -1.55. The number of nitrogens with one attached hydrogen (secondary N) is 2. The van der Waals surface area contributed by atoms with Crippen LogP contribution in [0.5, 0.6) is 0 Å². The highest BCUT2D eigenvalue weighted by molar-refractivity contribution is 7.89. The number of hydrogen-bond donors (Lipinski definition) is 2. The van der Waals surface area contributed by atoms with Gasteiger partial charge in [0, 0.05) is 0 Å². The molecule has 6 nitrogen and oxygen atoms in total. The van der Waals surface area contributed by atoms with Crippen molar-refractivity contribution in [1.82, 2.24) is 10.0 Å². The van der Waals surface area contributed by atoms with Gasteiger partial charge in [-0.2, -0.15) is 13.2 Å². The van der Waals surface area contributed by atoms with Gasteiger partial charge in [0.25, 0.3) is 15.9 Å². The van der Waals surface area contributed by atoms with Crippen molar-refractivity contribution in [1.29, 1.82) is 0 Å². The molecule has 0 aliphatic carbocycles. The molecule has 0 spiro atoms. The molecule has 0 fully saturated rings. The lowest BCUT2D eigenvalue weighted by Gasteiger charge is -2.06. The Bertz CT molecular complexity index is 535. The van der Waals surface area contributed by atoms with Crippen molar-refractivity contribution in [3.63, 3.8) is 0 Å². The van der Waals surface area contributed by atoms with Crippen molar-refractivity contribution < 1.29 is 30.8 Å². The Morgan fingerprint density at radius 2 is 2.00 bits per heavy atom. The monoisotopic (exact) mass is 286 g/mol. The number of hydrogen-bond acceptors (Lipinski definition) is 4. The number of carbonyl (C=O) groups is 1. The highest BCUT2D eigenvalue weighted by Gasteiger charge is 2.29. The fraction of sp³-hybridized carbons (Fsp3) is 0.375. The summed E-state index contributed by atoms with van der Waals surface area (Å²) in [6, 6.07) is 1.93. The molecule has 10 heteroatoms. The summed E-state index contributed by atoms with van der Waals surface area (Å²) < 4.78 is 64.5. The van der Waals surface area contributed by atoms with E-state index >= 15 is 0 Å². The number of furan rings is 1. The van der Waals surface area contributed by atoms with E-state index in [4.69, 9.17) is 0 Å². The van der Waals surface area contributed by atoms with Crippen LogP contribution < -0.4 is 10.0 Å². The van der Waals surface area contributed by atoms with Crippen molar-refractivity contribution in [3.8, 4) is 0 Å². The predicted molar refractivity (Wildman–Crippen MR) is 53.3 cm³/mol. The van der Waals surface area contributed by atoms with Crippen molar-refractivity contribution in [2.45, 2.75) is 11.3 Å². The SMILES string of the molecule is CNS(=O)(=O)c1ccc(C(=O)NCC(F)(F)F)o1. The molecule has 1 amide bonds. The summed E-state index contributed by atoms with van der Waals surface area (Å²) in [6.07, 6.45) is -4.55. The molecule has 0 aromatic carbocycles. The van der Waals surface area contributed by atoms with Gasteiger partial charge in [0.05, 0.1) is 0 Å². The van der Waals surface area contributed by atoms with E-state index in [1.54, 1.807) is 5.32 Å². The number of rotatable bonds is 4. The lowest BCUT2D eigenvalue weighted by Crippen LogP contribution is -2.33. The van der Waals surface area contributed by atoms with E-state index in [0.29, 0.717) is 0 Å². The van der Waals surface area contributed by atoms with Gasteiger partial charge in [0.15, 0.2) is 5.76 Å². The Kier molecular flexibility index (Phi) is 4.02. The molecule has 0 aliphatic rings. The molecule has 0 aliphatic heterocycles. The van der Waals surface area contributed by atoms with Crippen LogP contribution in [0.1, 0.15) is 10.6 Å². The number of amides is 1. The maximum Gasteiger partial charge on any atom is 0.405 e. The first-order valence-electron chi connectivity index (χ1n) is 4.54. The lowest BCUT2D eigenvalue weighted by atomic mass is 10.4. The molecule has 0 unspecified atom stereocenters. The minimum atomic E-state index is -4.55. The van der Waals surface area contributed by atoms with E-state index in [1.807, 2.05) is 4.72 Å². The number of carbonyl (C=O) groups excluding carboxylic acids is 1.